The number of hydrogen-bond donors (Lipinski definition) is 1. The largest absolute Gasteiger partial charge is 0.481 e. The van der Waals surface area contributed by atoms with Gasteiger partial charge in [0.1, 0.15) is 0 Å². The average molecular weight is 239 g/mol. The predicted molar refractivity (Wildman–Crippen MR) is 64.0 cm³/mol. The molecule has 1 saturated carbocycles. The summed E-state index contributed by atoms with van der Waals surface area (Å²) in [4.78, 5) is 16.5. The molecule has 2 rings (SSSR count). The van der Waals surface area contributed by atoms with Gasteiger partial charge in [-0.15, -0.1) is 11.3 Å². The molecular formula is C12H17NO2S. The molecule has 0 unspecified atom stereocenters. The van der Waals surface area contributed by atoms with Crippen LogP contribution in [0.5, 0.6) is 0 Å². The van der Waals surface area contributed by atoms with Gasteiger partial charge in [0.05, 0.1) is 17.1 Å². The fourth-order valence-corrected chi connectivity index (χ4v) is 3.07. The summed E-state index contributed by atoms with van der Waals surface area (Å²) in [5.41, 5.74) is 1.20. The van der Waals surface area contributed by atoms with Crippen molar-refractivity contribution in [2.45, 2.75) is 51.4 Å². The molecule has 1 aromatic rings. The van der Waals surface area contributed by atoms with E-state index in [1.54, 1.807) is 11.3 Å². The summed E-state index contributed by atoms with van der Waals surface area (Å²) in [7, 11) is 0. The third kappa shape index (κ3) is 2.82. The fourth-order valence-electron chi connectivity index (χ4n) is 1.81. The summed E-state index contributed by atoms with van der Waals surface area (Å²) in [6.07, 6.45) is 5.48. The number of hydrogen-bond acceptors (Lipinski definition) is 3. The zero-order valence-corrected chi connectivity index (χ0v) is 10.3. The minimum absolute atomic E-state index is 0.230. The summed E-state index contributed by atoms with van der Waals surface area (Å²) >= 11 is 1.72. The third-order valence-electron chi connectivity index (χ3n) is 2.77. The lowest BCUT2D eigenvalue weighted by molar-refractivity contribution is -0.136. The van der Waals surface area contributed by atoms with Gasteiger partial charge < -0.3 is 5.11 Å². The minimum Gasteiger partial charge on any atom is -0.481 e. The maximum atomic E-state index is 10.6. The van der Waals surface area contributed by atoms with Crippen molar-refractivity contribution in [3.63, 3.8) is 0 Å². The molecule has 0 aliphatic heterocycles. The van der Waals surface area contributed by atoms with Crippen molar-refractivity contribution >= 4 is 17.3 Å². The van der Waals surface area contributed by atoms with Crippen LogP contribution in [0.3, 0.4) is 0 Å². The van der Waals surface area contributed by atoms with E-state index in [1.807, 2.05) is 0 Å². The van der Waals surface area contributed by atoms with E-state index in [-0.39, 0.29) is 6.42 Å². The van der Waals surface area contributed by atoms with E-state index in [0.29, 0.717) is 12.3 Å². The second-order valence-corrected chi connectivity index (χ2v) is 5.50. The van der Waals surface area contributed by atoms with E-state index in [4.69, 9.17) is 5.11 Å². The van der Waals surface area contributed by atoms with Gasteiger partial charge >= 0.3 is 5.97 Å². The van der Waals surface area contributed by atoms with Gasteiger partial charge in [-0.1, -0.05) is 6.92 Å². The molecule has 1 heterocycles. The normalized spacial score (nSPS) is 15.3. The summed E-state index contributed by atoms with van der Waals surface area (Å²) in [6, 6.07) is 0. The Morgan fingerprint density at radius 3 is 2.81 bits per heavy atom. The van der Waals surface area contributed by atoms with E-state index < -0.39 is 5.97 Å². The smallest absolute Gasteiger partial charge is 0.303 e. The van der Waals surface area contributed by atoms with Gasteiger partial charge in [0, 0.05) is 10.8 Å². The second-order valence-electron chi connectivity index (χ2n) is 4.33. The highest BCUT2D eigenvalue weighted by Crippen LogP contribution is 2.43. The van der Waals surface area contributed by atoms with Crippen LogP contribution in [-0.2, 0) is 17.6 Å². The van der Waals surface area contributed by atoms with E-state index in [0.717, 1.165) is 12.8 Å². The number of thiazole rings is 1. The number of nitrogens with zero attached hydrogens (tertiary/aromatic N) is 1. The molecule has 0 bridgehead atoms. The van der Waals surface area contributed by atoms with Crippen LogP contribution < -0.4 is 0 Å². The first kappa shape index (κ1) is 11.6. The molecular weight excluding hydrogens is 222 g/mol. The quantitative estimate of drug-likeness (QED) is 0.830. The van der Waals surface area contributed by atoms with Crippen LogP contribution in [0.25, 0.3) is 0 Å². The number of rotatable bonds is 6. The fraction of sp³-hybridized carbons (Fsp3) is 0.667. The van der Waals surface area contributed by atoms with Gasteiger partial charge in [-0.2, -0.15) is 0 Å². The Balaban J connectivity index is 2.10. The first-order valence-electron chi connectivity index (χ1n) is 5.91. The van der Waals surface area contributed by atoms with Crippen molar-refractivity contribution in [1.82, 2.24) is 4.98 Å². The second kappa shape index (κ2) is 4.95. The SMILES string of the molecule is CCCc1nc(C2CC2)c(CCC(=O)O)s1. The van der Waals surface area contributed by atoms with Gasteiger partial charge in [-0.3, -0.25) is 4.79 Å². The molecule has 1 aromatic heterocycles. The summed E-state index contributed by atoms with van der Waals surface area (Å²) in [5, 5.41) is 9.90. The third-order valence-corrected chi connectivity index (χ3v) is 3.96. The Hall–Kier alpha value is -0.900. The van der Waals surface area contributed by atoms with Crippen LogP contribution in [0.1, 0.15) is 54.1 Å². The Morgan fingerprint density at radius 2 is 2.25 bits per heavy atom. The number of aliphatic carboxylic acids is 1. The monoisotopic (exact) mass is 239 g/mol. The highest BCUT2D eigenvalue weighted by Gasteiger charge is 2.29. The molecule has 1 aliphatic rings. The molecule has 1 fully saturated rings. The van der Waals surface area contributed by atoms with Crippen molar-refractivity contribution in [1.29, 1.82) is 0 Å². The van der Waals surface area contributed by atoms with E-state index >= 15 is 0 Å². The van der Waals surface area contributed by atoms with Gasteiger partial charge in [0.15, 0.2) is 0 Å². The topological polar surface area (TPSA) is 50.2 Å². The lowest BCUT2D eigenvalue weighted by atomic mass is 10.2. The maximum absolute atomic E-state index is 10.6. The van der Waals surface area contributed by atoms with Gasteiger partial charge in [0.2, 0.25) is 0 Å². The highest BCUT2D eigenvalue weighted by molar-refractivity contribution is 7.11. The van der Waals surface area contributed by atoms with Crippen molar-refractivity contribution in [3.05, 3.63) is 15.6 Å². The molecule has 1 aliphatic carbocycles. The van der Waals surface area contributed by atoms with Crippen LogP contribution in [0.15, 0.2) is 0 Å². The molecule has 0 radical (unpaired) electrons. The standard InChI is InChI=1S/C12H17NO2S/c1-2-3-10-13-12(8-4-5-8)9(16-10)6-7-11(14)15/h8H,2-7H2,1H3,(H,14,15). The first-order chi connectivity index (χ1) is 7.70. The van der Waals surface area contributed by atoms with Crippen LogP contribution in [-0.4, -0.2) is 16.1 Å². The van der Waals surface area contributed by atoms with E-state index in [1.165, 1.54) is 28.4 Å². The zero-order valence-electron chi connectivity index (χ0n) is 9.53. The van der Waals surface area contributed by atoms with Crippen LogP contribution in [0.2, 0.25) is 0 Å². The molecule has 88 valence electrons. The van der Waals surface area contributed by atoms with Crippen molar-refractivity contribution in [2.24, 2.45) is 0 Å². The van der Waals surface area contributed by atoms with Gasteiger partial charge in [-0.05, 0) is 32.1 Å². The van der Waals surface area contributed by atoms with Crippen LogP contribution in [0.4, 0.5) is 0 Å². The Kier molecular flexibility index (Phi) is 3.59. The number of aryl methyl sites for hydroxylation is 2. The van der Waals surface area contributed by atoms with Crippen LogP contribution in [0, 0.1) is 0 Å². The molecule has 0 aromatic carbocycles. The molecule has 4 heteroatoms. The molecule has 1 N–H and O–H groups in total. The number of aromatic nitrogens is 1. The molecule has 0 atom stereocenters. The maximum Gasteiger partial charge on any atom is 0.303 e. The number of carboxylic acid groups (broad SMARTS) is 1. The lowest BCUT2D eigenvalue weighted by Gasteiger charge is -1.97. The summed E-state index contributed by atoms with van der Waals surface area (Å²) in [6.45, 7) is 2.15. The Morgan fingerprint density at radius 1 is 1.50 bits per heavy atom. The Labute approximate surface area is 99.5 Å². The van der Waals surface area contributed by atoms with E-state index in [9.17, 15) is 4.79 Å². The summed E-state index contributed by atoms with van der Waals surface area (Å²) < 4.78 is 0. The van der Waals surface area contributed by atoms with Crippen molar-refractivity contribution in [3.8, 4) is 0 Å². The van der Waals surface area contributed by atoms with Crippen LogP contribution >= 0.6 is 11.3 Å². The van der Waals surface area contributed by atoms with E-state index in [2.05, 4.69) is 11.9 Å². The average Bonchev–Trinajstić information content (AvgIpc) is 2.99. The summed E-state index contributed by atoms with van der Waals surface area (Å²) in [5.74, 6) is -0.0853. The van der Waals surface area contributed by atoms with Crippen molar-refractivity contribution in [2.75, 3.05) is 0 Å². The number of carbonyl (C=O) groups is 1. The van der Waals surface area contributed by atoms with Gasteiger partial charge in [0.25, 0.3) is 0 Å². The minimum atomic E-state index is -0.716. The first-order valence-corrected chi connectivity index (χ1v) is 6.72. The molecule has 0 amide bonds. The molecule has 0 spiro atoms. The lowest BCUT2D eigenvalue weighted by Crippen LogP contribution is -1.98. The van der Waals surface area contributed by atoms with Crippen molar-refractivity contribution < 1.29 is 9.90 Å². The molecule has 0 saturated heterocycles. The molecule has 3 nitrogen and oxygen atoms in total. The zero-order chi connectivity index (χ0) is 11.5. The Bertz CT molecular complexity index is 382. The predicted octanol–water partition coefficient (Wildman–Crippen LogP) is 2.99. The van der Waals surface area contributed by atoms with Gasteiger partial charge in [-0.25, -0.2) is 4.98 Å². The highest BCUT2D eigenvalue weighted by atomic mass is 32.1. The molecule has 16 heavy (non-hydrogen) atoms. The number of carboxylic acids is 1.